The molecule has 0 aliphatic carbocycles. The maximum absolute atomic E-state index is 11.4. The van der Waals surface area contributed by atoms with E-state index >= 15 is 0 Å². The lowest BCUT2D eigenvalue weighted by Crippen LogP contribution is -2.25. The Bertz CT molecular complexity index is 343. The first kappa shape index (κ1) is 8.29. The fraction of sp³-hybridized carbons (Fsp3) is 0.556. The van der Waals surface area contributed by atoms with Gasteiger partial charge in [-0.3, -0.25) is 14.4 Å². The van der Waals surface area contributed by atoms with Crippen molar-refractivity contribution in [3.63, 3.8) is 0 Å². The monoisotopic (exact) mass is 179 g/mol. The number of hydrogen-bond donors (Lipinski definition) is 0. The Kier molecular flexibility index (Phi) is 1.83. The van der Waals surface area contributed by atoms with Crippen LogP contribution in [0.4, 0.5) is 5.82 Å². The van der Waals surface area contributed by atoms with Crippen LogP contribution >= 0.6 is 0 Å². The highest BCUT2D eigenvalue weighted by Gasteiger charge is 2.24. The molecule has 2 heterocycles. The van der Waals surface area contributed by atoms with Crippen molar-refractivity contribution >= 4 is 11.7 Å². The zero-order chi connectivity index (χ0) is 9.42. The van der Waals surface area contributed by atoms with Crippen molar-refractivity contribution in [1.29, 1.82) is 0 Å². The van der Waals surface area contributed by atoms with E-state index in [2.05, 4.69) is 5.10 Å². The fourth-order valence-electron chi connectivity index (χ4n) is 1.74. The Morgan fingerprint density at radius 3 is 2.77 bits per heavy atom. The summed E-state index contributed by atoms with van der Waals surface area (Å²) in [5.74, 6) is 1.13. The minimum absolute atomic E-state index is 0.211. The molecule has 1 fully saturated rings. The number of hydrogen-bond acceptors (Lipinski definition) is 2. The topological polar surface area (TPSA) is 38.1 Å². The average molecular weight is 179 g/mol. The van der Waals surface area contributed by atoms with Crippen molar-refractivity contribution < 1.29 is 4.79 Å². The van der Waals surface area contributed by atoms with Crippen LogP contribution in [-0.4, -0.2) is 22.2 Å². The van der Waals surface area contributed by atoms with E-state index in [0.29, 0.717) is 6.42 Å². The summed E-state index contributed by atoms with van der Waals surface area (Å²) < 4.78 is 1.76. The number of anilines is 1. The van der Waals surface area contributed by atoms with Gasteiger partial charge in [-0.25, -0.2) is 0 Å². The van der Waals surface area contributed by atoms with Gasteiger partial charge in [-0.05, 0) is 13.3 Å². The van der Waals surface area contributed by atoms with Crippen molar-refractivity contribution in [2.75, 3.05) is 11.4 Å². The number of carbonyl (C=O) groups is 1. The molecule has 1 aromatic rings. The third-order valence-electron chi connectivity index (χ3n) is 2.33. The number of carbonyl (C=O) groups excluding carboxylic acids is 1. The first-order valence-electron chi connectivity index (χ1n) is 4.49. The number of rotatable bonds is 1. The highest BCUT2D eigenvalue weighted by Crippen LogP contribution is 2.20. The largest absolute Gasteiger partial charge is 0.297 e. The second kappa shape index (κ2) is 2.87. The molecule has 0 unspecified atom stereocenters. The molecule has 2 rings (SSSR count). The van der Waals surface area contributed by atoms with Gasteiger partial charge in [0.2, 0.25) is 5.91 Å². The van der Waals surface area contributed by atoms with Crippen LogP contribution in [-0.2, 0) is 11.8 Å². The SMILES string of the molecule is Cc1cc(N2CCCC2=O)n(C)n1. The van der Waals surface area contributed by atoms with E-state index < -0.39 is 0 Å². The molecule has 4 nitrogen and oxygen atoms in total. The summed E-state index contributed by atoms with van der Waals surface area (Å²) >= 11 is 0. The molecule has 0 N–H and O–H groups in total. The van der Waals surface area contributed by atoms with Gasteiger partial charge in [-0.1, -0.05) is 0 Å². The van der Waals surface area contributed by atoms with Gasteiger partial charge in [0.05, 0.1) is 5.69 Å². The molecule has 1 aromatic heterocycles. The highest BCUT2D eigenvalue weighted by molar-refractivity contribution is 5.94. The van der Waals surface area contributed by atoms with Gasteiger partial charge in [0, 0.05) is 26.1 Å². The van der Waals surface area contributed by atoms with Gasteiger partial charge >= 0.3 is 0 Å². The minimum Gasteiger partial charge on any atom is -0.297 e. The molecule has 0 atom stereocenters. The summed E-state index contributed by atoms with van der Waals surface area (Å²) in [6.07, 6.45) is 1.63. The first-order valence-corrected chi connectivity index (χ1v) is 4.49. The highest BCUT2D eigenvalue weighted by atomic mass is 16.2. The molecule has 1 aliphatic rings. The molecule has 4 heteroatoms. The Morgan fingerprint density at radius 1 is 1.54 bits per heavy atom. The molecule has 0 saturated carbocycles. The van der Waals surface area contributed by atoms with Gasteiger partial charge in [0.1, 0.15) is 5.82 Å². The molecule has 13 heavy (non-hydrogen) atoms. The van der Waals surface area contributed by atoms with Crippen LogP contribution < -0.4 is 4.90 Å². The quantitative estimate of drug-likeness (QED) is 0.641. The van der Waals surface area contributed by atoms with Crippen LogP contribution in [0.3, 0.4) is 0 Å². The van der Waals surface area contributed by atoms with E-state index in [1.54, 1.807) is 9.58 Å². The Balaban J connectivity index is 2.34. The molecular weight excluding hydrogens is 166 g/mol. The number of aromatic nitrogens is 2. The molecule has 0 radical (unpaired) electrons. The predicted molar refractivity (Wildman–Crippen MR) is 49.5 cm³/mol. The second-order valence-electron chi connectivity index (χ2n) is 3.42. The number of aryl methyl sites for hydroxylation is 2. The van der Waals surface area contributed by atoms with Crippen molar-refractivity contribution in [3.8, 4) is 0 Å². The van der Waals surface area contributed by atoms with Gasteiger partial charge in [-0.15, -0.1) is 0 Å². The molecule has 1 saturated heterocycles. The van der Waals surface area contributed by atoms with Crippen LogP contribution in [0, 0.1) is 6.92 Å². The summed E-state index contributed by atoms with van der Waals surface area (Å²) in [4.78, 5) is 13.2. The van der Waals surface area contributed by atoms with Crippen LogP contribution in [0.25, 0.3) is 0 Å². The standard InChI is InChI=1S/C9H13N3O/c1-7-6-8(11(2)10-7)12-5-3-4-9(12)13/h6H,3-5H2,1-2H3. The van der Waals surface area contributed by atoms with E-state index in [1.165, 1.54) is 0 Å². The Morgan fingerprint density at radius 2 is 2.31 bits per heavy atom. The van der Waals surface area contributed by atoms with Crippen LogP contribution in [0.5, 0.6) is 0 Å². The molecule has 0 spiro atoms. The Labute approximate surface area is 77.1 Å². The van der Waals surface area contributed by atoms with E-state index in [0.717, 1.165) is 24.5 Å². The lowest BCUT2D eigenvalue weighted by atomic mass is 10.4. The maximum Gasteiger partial charge on any atom is 0.228 e. The van der Waals surface area contributed by atoms with Gasteiger partial charge in [0.15, 0.2) is 0 Å². The summed E-state index contributed by atoms with van der Waals surface area (Å²) in [6, 6.07) is 1.95. The van der Waals surface area contributed by atoms with Crippen molar-refractivity contribution in [1.82, 2.24) is 9.78 Å². The lowest BCUT2D eigenvalue weighted by molar-refractivity contribution is -0.117. The molecular formula is C9H13N3O. The molecule has 0 bridgehead atoms. The van der Waals surface area contributed by atoms with E-state index in [9.17, 15) is 4.79 Å². The summed E-state index contributed by atoms with van der Waals surface area (Å²) in [6.45, 7) is 2.77. The van der Waals surface area contributed by atoms with Gasteiger partial charge in [0.25, 0.3) is 0 Å². The number of nitrogens with zero attached hydrogens (tertiary/aromatic N) is 3. The minimum atomic E-state index is 0.211. The van der Waals surface area contributed by atoms with Gasteiger partial charge in [-0.2, -0.15) is 5.10 Å². The summed E-state index contributed by atoms with van der Waals surface area (Å²) in [5, 5.41) is 4.21. The van der Waals surface area contributed by atoms with Gasteiger partial charge < -0.3 is 0 Å². The molecule has 1 aliphatic heterocycles. The van der Waals surface area contributed by atoms with Crippen molar-refractivity contribution in [2.24, 2.45) is 7.05 Å². The van der Waals surface area contributed by atoms with Crippen LogP contribution in [0.15, 0.2) is 6.07 Å². The van der Waals surface area contributed by atoms with Crippen molar-refractivity contribution in [2.45, 2.75) is 19.8 Å². The zero-order valence-corrected chi connectivity index (χ0v) is 7.95. The lowest BCUT2D eigenvalue weighted by Gasteiger charge is -2.14. The number of amides is 1. The molecule has 1 amide bonds. The normalized spacial score (nSPS) is 17.1. The second-order valence-corrected chi connectivity index (χ2v) is 3.42. The smallest absolute Gasteiger partial charge is 0.228 e. The Hall–Kier alpha value is -1.32. The summed E-state index contributed by atoms with van der Waals surface area (Å²) in [5.41, 5.74) is 0.956. The third-order valence-corrected chi connectivity index (χ3v) is 2.33. The van der Waals surface area contributed by atoms with E-state index in [4.69, 9.17) is 0 Å². The van der Waals surface area contributed by atoms with E-state index in [1.807, 2.05) is 20.0 Å². The summed E-state index contributed by atoms with van der Waals surface area (Å²) in [7, 11) is 1.87. The first-order chi connectivity index (χ1) is 6.18. The predicted octanol–water partition coefficient (Wildman–Crippen LogP) is 0.855. The third kappa shape index (κ3) is 1.32. The van der Waals surface area contributed by atoms with Crippen LogP contribution in [0.2, 0.25) is 0 Å². The van der Waals surface area contributed by atoms with Crippen LogP contribution in [0.1, 0.15) is 18.5 Å². The zero-order valence-electron chi connectivity index (χ0n) is 7.95. The van der Waals surface area contributed by atoms with Crippen molar-refractivity contribution in [3.05, 3.63) is 11.8 Å². The molecule has 0 aromatic carbocycles. The molecule has 70 valence electrons. The maximum atomic E-state index is 11.4. The van der Waals surface area contributed by atoms with E-state index in [-0.39, 0.29) is 5.91 Å². The fourth-order valence-corrected chi connectivity index (χ4v) is 1.74. The average Bonchev–Trinajstić information content (AvgIpc) is 2.58.